The second-order valence-electron chi connectivity index (χ2n) is 6.48. The maximum absolute atomic E-state index is 11.2. The SMILES string of the molecule is CCCCCCCCCC(CCCCCCCC)C(=O)[O-]. The summed E-state index contributed by atoms with van der Waals surface area (Å²) in [5.74, 6) is -1.03. The summed E-state index contributed by atoms with van der Waals surface area (Å²) in [6.07, 6.45) is 17.8. The van der Waals surface area contributed by atoms with Crippen molar-refractivity contribution in [2.45, 2.75) is 110 Å². The number of carboxylic acids is 1. The molecule has 2 heteroatoms. The molecule has 1 atom stereocenters. The van der Waals surface area contributed by atoms with Crippen molar-refractivity contribution in [3.05, 3.63) is 0 Å². The van der Waals surface area contributed by atoms with Crippen molar-refractivity contribution in [3.63, 3.8) is 0 Å². The first-order chi connectivity index (χ1) is 10.2. The van der Waals surface area contributed by atoms with Crippen molar-refractivity contribution in [2.75, 3.05) is 0 Å². The predicted octanol–water partition coefficient (Wildman–Crippen LogP) is 5.24. The summed E-state index contributed by atoms with van der Waals surface area (Å²) < 4.78 is 0. The molecule has 0 bridgehead atoms. The van der Waals surface area contributed by atoms with E-state index >= 15 is 0 Å². The van der Waals surface area contributed by atoms with E-state index in [1.807, 2.05) is 0 Å². The first-order valence-corrected chi connectivity index (χ1v) is 9.43. The smallest absolute Gasteiger partial charge is 0.0445 e. The summed E-state index contributed by atoms with van der Waals surface area (Å²) in [5, 5.41) is 11.2. The maximum atomic E-state index is 11.2. The van der Waals surface area contributed by atoms with Crippen molar-refractivity contribution in [1.82, 2.24) is 0 Å². The fraction of sp³-hybridized carbons (Fsp3) is 0.947. The van der Waals surface area contributed by atoms with Gasteiger partial charge in [0.15, 0.2) is 0 Å². The molecule has 0 spiro atoms. The minimum atomic E-state index is -0.824. The highest BCUT2D eigenvalue weighted by Gasteiger charge is 2.09. The van der Waals surface area contributed by atoms with Gasteiger partial charge in [-0.1, -0.05) is 97.3 Å². The van der Waals surface area contributed by atoms with Gasteiger partial charge >= 0.3 is 0 Å². The Hall–Kier alpha value is -0.530. The van der Waals surface area contributed by atoms with E-state index < -0.39 is 5.97 Å². The van der Waals surface area contributed by atoms with E-state index in [1.165, 1.54) is 70.6 Å². The Morgan fingerprint density at radius 3 is 1.33 bits per heavy atom. The Bertz CT molecular complexity index is 226. The van der Waals surface area contributed by atoms with Crippen molar-refractivity contribution in [1.29, 1.82) is 0 Å². The molecule has 0 radical (unpaired) electrons. The quantitative estimate of drug-likeness (QED) is 0.365. The van der Waals surface area contributed by atoms with Gasteiger partial charge < -0.3 is 9.90 Å². The van der Waals surface area contributed by atoms with Gasteiger partial charge in [0.2, 0.25) is 0 Å². The molecule has 0 N–H and O–H groups in total. The maximum Gasteiger partial charge on any atom is 0.0445 e. The van der Waals surface area contributed by atoms with Crippen molar-refractivity contribution in [2.24, 2.45) is 5.92 Å². The molecule has 21 heavy (non-hydrogen) atoms. The van der Waals surface area contributed by atoms with Crippen LogP contribution >= 0.6 is 0 Å². The Morgan fingerprint density at radius 1 is 0.667 bits per heavy atom. The van der Waals surface area contributed by atoms with Crippen LogP contribution in [0.1, 0.15) is 110 Å². The van der Waals surface area contributed by atoms with E-state index in [2.05, 4.69) is 13.8 Å². The molecule has 0 heterocycles. The lowest BCUT2D eigenvalue weighted by atomic mass is 9.94. The molecule has 0 fully saturated rings. The molecule has 0 aliphatic rings. The molecule has 126 valence electrons. The molecule has 0 saturated heterocycles. The monoisotopic (exact) mass is 297 g/mol. The zero-order valence-electron chi connectivity index (χ0n) is 14.5. The average Bonchev–Trinajstić information content (AvgIpc) is 2.47. The summed E-state index contributed by atoms with van der Waals surface area (Å²) >= 11 is 0. The van der Waals surface area contributed by atoms with E-state index in [1.54, 1.807) is 0 Å². The van der Waals surface area contributed by atoms with Gasteiger partial charge in [0.1, 0.15) is 0 Å². The summed E-state index contributed by atoms with van der Waals surface area (Å²) in [4.78, 5) is 11.2. The summed E-state index contributed by atoms with van der Waals surface area (Å²) in [6.45, 7) is 4.45. The third-order valence-corrected chi connectivity index (χ3v) is 4.40. The predicted molar refractivity (Wildman–Crippen MR) is 89.1 cm³/mol. The topological polar surface area (TPSA) is 40.1 Å². The number of unbranched alkanes of at least 4 members (excludes halogenated alkanes) is 11. The lowest BCUT2D eigenvalue weighted by molar-refractivity contribution is -0.312. The van der Waals surface area contributed by atoms with Crippen LogP contribution in [-0.2, 0) is 4.79 Å². The van der Waals surface area contributed by atoms with Crippen LogP contribution in [0.2, 0.25) is 0 Å². The van der Waals surface area contributed by atoms with Crippen LogP contribution in [0, 0.1) is 5.92 Å². The number of rotatable bonds is 16. The van der Waals surface area contributed by atoms with E-state index in [-0.39, 0.29) is 5.92 Å². The third kappa shape index (κ3) is 14.2. The first-order valence-electron chi connectivity index (χ1n) is 9.43. The highest BCUT2D eigenvalue weighted by Crippen LogP contribution is 2.18. The van der Waals surface area contributed by atoms with Crippen LogP contribution in [0.5, 0.6) is 0 Å². The average molecular weight is 298 g/mol. The first kappa shape index (κ1) is 20.5. The van der Waals surface area contributed by atoms with Crippen molar-refractivity contribution >= 4 is 5.97 Å². The Kier molecular flexibility index (Phi) is 15.5. The third-order valence-electron chi connectivity index (χ3n) is 4.40. The van der Waals surface area contributed by atoms with Crippen LogP contribution in [0.4, 0.5) is 0 Å². The molecular weight excluding hydrogens is 260 g/mol. The summed E-state index contributed by atoms with van der Waals surface area (Å²) in [6, 6.07) is 0. The molecular formula is C19H37O2-. The number of carbonyl (C=O) groups is 1. The molecule has 0 aromatic carbocycles. The molecule has 0 amide bonds. The second-order valence-corrected chi connectivity index (χ2v) is 6.48. The van der Waals surface area contributed by atoms with E-state index in [4.69, 9.17) is 0 Å². The second kappa shape index (κ2) is 15.9. The Balaban J connectivity index is 3.52. The van der Waals surface area contributed by atoms with Gasteiger partial charge in [0, 0.05) is 5.97 Å². The van der Waals surface area contributed by atoms with Crippen molar-refractivity contribution < 1.29 is 9.90 Å². The highest BCUT2D eigenvalue weighted by molar-refractivity contribution is 5.67. The number of aliphatic carboxylic acids is 1. The molecule has 1 unspecified atom stereocenters. The molecule has 0 aliphatic carbocycles. The molecule has 0 aromatic rings. The lowest BCUT2D eigenvalue weighted by Crippen LogP contribution is -2.31. The zero-order valence-corrected chi connectivity index (χ0v) is 14.5. The fourth-order valence-electron chi connectivity index (χ4n) is 2.90. The highest BCUT2D eigenvalue weighted by atomic mass is 16.4. The van der Waals surface area contributed by atoms with Gasteiger partial charge in [-0.15, -0.1) is 0 Å². The summed E-state index contributed by atoms with van der Waals surface area (Å²) in [5.41, 5.74) is 0. The van der Waals surface area contributed by atoms with Gasteiger partial charge in [-0.2, -0.15) is 0 Å². The minimum absolute atomic E-state index is 0.202. The number of hydrogen-bond donors (Lipinski definition) is 0. The van der Waals surface area contributed by atoms with Crippen LogP contribution in [-0.4, -0.2) is 5.97 Å². The molecule has 0 aromatic heterocycles. The van der Waals surface area contributed by atoms with Crippen LogP contribution in [0.3, 0.4) is 0 Å². The Morgan fingerprint density at radius 2 is 1.00 bits per heavy atom. The number of hydrogen-bond acceptors (Lipinski definition) is 2. The largest absolute Gasteiger partial charge is 0.550 e. The van der Waals surface area contributed by atoms with Gasteiger partial charge in [0.05, 0.1) is 0 Å². The molecule has 0 aliphatic heterocycles. The molecule has 0 saturated carbocycles. The van der Waals surface area contributed by atoms with Crippen molar-refractivity contribution in [3.8, 4) is 0 Å². The Labute approximate surface area is 132 Å². The number of carboxylic acid groups (broad SMARTS) is 1. The van der Waals surface area contributed by atoms with Gasteiger partial charge in [0.25, 0.3) is 0 Å². The lowest BCUT2D eigenvalue weighted by Gasteiger charge is -2.17. The van der Waals surface area contributed by atoms with Crippen LogP contribution in [0.15, 0.2) is 0 Å². The van der Waals surface area contributed by atoms with Gasteiger partial charge in [-0.3, -0.25) is 0 Å². The standard InChI is InChI=1S/C19H38O2/c1-3-5-7-9-11-13-15-17-18(19(20)21)16-14-12-10-8-6-4-2/h18H,3-17H2,1-2H3,(H,20,21)/p-1. The van der Waals surface area contributed by atoms with E-state index in [9.17, 15) is 9.90 Å². The van der Waals surface area contributed by atoms with E-state index in [0.29, 0.717) is 0 Å². The van der Waals surface area contributed by atoms with Crippen LogP contribution < -0.4 is 5.11 Å². The van der Waals surface area contributed by atoms with Crippen LogP contribution in [0.25, 0.3) is 0 Å². The van der Waals surface area contributed by atoms with E-state index in [0.717, 1.165) is 25.7 Å². The fourth-order valence-corrected chi connectivity index (χ4v) is 2.90. The number of carbonyl (C=O) groups excluding carboxylic acids is 1. The zero-order chi connectivity index (χ0) is 15.8. The minimum Gasteiger partial charge on any atom is -0.550 e. The molecule has 0 rings (SSSR count). The van der Waals surface area contributed by atoms with Gasteiger partial charge in [-0.05, 0) is 18.8 Å². The normalized spacial score (nSPS) is 12.5. The molecule has 2 nitrogen and oxygen atoms in total. The summed E-state index contributed by atoms with van der Waals surface area (Å²) in [7, 11) is 0. The van der Waals surface area contributed by atoms with Gasteiger partial charge in [-0.25, -0.2) is 0 Å².